The second kappa shape index (κ2) is 2.96. The van der Waals surface area contributed by atoms with Crippen LogP contribution in [0.4, 0.5) is 4.79 Å². The van der Waals surface area contributed by atoms with Crippen molar-refractivity contribution in [1.29, 1.82) is 0 Å². The summed E-state index contributed by atoms with van der Waals surface area (Å²) in [5.74, 6) is -0.230. The van der Waals surface area contributed by atoms with E-state index in [-0.39, 0.29) is 18.0 Å². The van der Waals surface area contributed by atoms with Gasteiger partial charge in [0.25, 0.3) is 0 Å². The highest BCUT2D eigenvalue weighted by Crippen LogP contribution is 1.95. The van der Waals surface area contributed by atoms with E-state index >= 15 is 0 Å². The number of aliphatic imine (C=N–C) groups is 1. The van der Waals surface area contributed by atoms with Gasteiger partial charge in [-0.05, 0) is 6.08 Å². The molecule has 1 aliphatic heterocycles. The molecular formula is C6H7N3O2. The van der Waals surface area contributed by atoms with E-state index in [9.17, 15) is 9.59 Å². The zero-order valence-corrected chi connectivity index (χ0v) is 5.70. The number of Topliss-reactive ketones (excluding diaryl/α,β-unsaturated/α-hetero) is 1. The molecule has 11 heavy (non-hydrogen) atoms. The Balaban J connectivity index is 2.68. The first kappa shape index (κ1) is 7.46. The van der Waals surface area contributed by atoms with Crippen LogP contribution >= 0.6 is 0 Å². The maximum absolute atomic E-state index is 10.9. The molecule has 0 aromatic carbocycles. The second-order valence-corrected chi connectivity index (χ2v) is 1.98. The van der Waals surface area contributed by atoms with Gasteiger partial charge in [-0.25, -0.2) is 4.79 Å². The zero-order chi connectivity index (χ0) is 8.27. The molecule has 0 atom stereocenters. The van der Waals surface area contributed by atoms with Crippen LogP contribution in [0.2, 0.25) is 0 Å². The molecule has 0 saturated heterocycles. The van der Waals surface area contributed by atoms with Crippen LogP contribution in [0.25, 0.3) is 0 Å². The minimum Gasteiger partial charge on any atom is -0.351 e. The van der Waals surface area contributed by atoms with Crippen molar-refractivity contribution in [3.8, 4) is 0 Å². The first-order valence-corrected chi connectivity index (χ1v) is 3.00. The number of dihydropyridines is 1. The lowest BCUT2D eigenvalue weighted by atomic mass is 10.2. The predicted molar refractivity (Wildman–Crippen MR) is 39.2 cm³/mol. The number of urea groups is 1. The van der Waals surface area contributed by atoms with Gasteiger partial charge >= 0.3 is 6.03 Å². The molecule has 2 amide bonds. The highest BCUT2D eigenvalue weighted by molar-refractivity contribution is 6.05. The molecule has 0 saturated carbocycles. The largest absolute Gasteiger partial charge is 0.351 e. The lowest BCUT2D eigenvalue weighted by Crippen LogP contribution is -2.33. The monoisotopic (exact) mass is 153 g/mol. The fourth-order valence-corrected chi connectivity index (χ4v) is 0.685. The molecule has 1 rings (SSSR count). The maximum atomic E-state index is 10.9. The molecule has 0 aromatic heterocycles. The van der Waals surface area contributed by atoms with E-state index < -0.39 is 6.03 Å². The van der Waals surface area contributed by atoms with E-state index in [0.717, 1.165) is 0 Å². The Kier molecular flexibility index (Phi) is 2.00. The molecular weight excluding hydrogens is 146 g/mol. The Morgan fingerprint density at radius 2 is 2.45 bits per heavy atom. The van der Waals surface area contributed by atoms with Gasteiger partial charge in [0.15, 0.2) is 5.78 Å². The van der Waals surface area contributed by atoms with Crippen molar-refractivity contribution >= 4 is 18.0 Å². The molecule has 0 aromatic rings. The molecule has 5 nitrogen and oxygen atoms in total. The van der Waals surface area contributed by atoms with Gasteiger partial charge in [-0.15, -0.1) is 0 Å². The third-order valence-corrected chi connectivity index (χ3v) is 1.14. The minimum absolute atomic E-state index is 0.0755. The van der Waals surface area contributed by atoms with Crippen molar-refractivity contribution in [1.82, 2.24) is 5.32 Å². The van der Waals surface area contributed by atoms with Crippen molar-refractivity contribution in [2.75, 3.05) is 6.54 Å². The molecule has 0 radical (unpaired) electrons. The van der Waals surface area contributed by atoms with Crippen LogP contribution in [0.5, 0.6) is 0 Å². The number of amides is 2. The highest BCUT2D eigenvalue weighted by Gasteiger charge is 2.11. The summed E-state index contributed by atoms with van der Waals surface area (Å²) in [4.78, 5) is 24.8. The third-order valence-electron chi connectivity index (χ3n) is 1.14. The minimum atomic E-state index is -0.736. The lowest BCUT2D eigenvalue weighted by molar-refractivity contribution is -0.114. The SMILES string of the molecule is NC(=O)NC1=CC=NCC1=O. The lowest BCUT2D eigenvalue weighted by Gasteiger charge is -2.06. The molecule has 0 aliphatic carbocycles. The second-order valence-electron chi connectivity index (χ2n) is 1.98. The number of carbonyl (C=O) groups excluding carboxylic acids is 2. The number of allylic oxidation sites excluding steroid dienone is 1. The Labute approximate surface area is 63.0 Å². The highest BCUT2D eigenvalue weighted by atomic mass is 16.2. The summed E-state index contributed by atoms with van der Waals surface area (Å²) in [5, 5.41) is 2.19. The molecule has 1 heterocycles. The van der Waals surface area contributed by atoms with Gasteiger partial charge in [0.05, 0.1) is 5.70 Å². The summed E-state index contributed by atoms with van der Waals surface area (Å²) in [6.07, 6.45) is 2.86. The zero-order valence-electron chi connectivity index (χ0n) is 5.70. The Bertz CT molecular complexity index is 255. The summed E-state index contributed by atoms with van der Waals surface area (Å²) < 4.78 is 0. The topological polar surface area (TPSA) is 84.6 Å². The number of hydrogen-bond donors (Lipinski definition) is 2. The van der Waals surface area contributed by atoms with E-state index in [1.165, 1.54) is 12.3 Å². The van der Waals surface area contributed by atoms with Crippen molar-refractivity contribution in [2.24, 2.45) is 10.7 Å². The van der Waals surface area contributed by atoms with Crippen LogP contribution in [-0.4, -0.2) is 24.6 Å². The average Bonchev–Trinajstić information content (AvgIpc) is 1.93. The van der Waals surface area contributed by atoms with E-state index in [1.807, 2.05) is 0 Å². The summed E-state index contributed by atoms with van der Waals surface area (Å²) in [6, 6.07) is -0.736. The van der Waals surface area contributed by atoms with Gasteiger partial charge < -0.3 is 11.1 Å². The molecule has 58 valence electrons. The number of nitrogens with two attached hydrogens (primary N) is 1. The van der Waals surface area contributed by atoms with Crippen molar-refractivity contribution < 1.29 is 9.59 Å². The van der Waals surface area contributed by atoms with E-state index in [1.54, 1.807) is 0 Å². The number of primary amides is 1. The van der Waals surface area contributed by atoms with Gasteiger partial charge in [0.2, 0.25) is 0 Å². The van der Waals surface area contributed by atoms with E-state index in [4.69, 9.17) is 5.73 Å². The van der Waals surface area contributed by atoms with Crippen LogP contribution in [0.15, 0.2) is 16.8 Å². The quantitative estimate of drug-likeness (QED) is 0.516. The van der Waals surface area contributed by atoms with Crippen LogP contribution in [0, 0.1) is 0 Å². The van der Waals surface area contributed by atoms with Crippen LogP contribution in [0.1, 0.15) is 0 Å². The van der Waals surface area contributed by atoms with Crippen molar-refractivity contribution in [3.05, 3.63) is 11.8 Å². The maximum Gasteiger partial charge on any atom is 0.316 e. The van der Waals surface area contributed by atoms with Crippen LogP contribution in [0.3, 0.4) is 0 Å². The predicted octanol–water partition coefficient (Wildman–Crippen LogP) is -0.808. The Morgan fingerprint density at radius 3 is 3.00 bits per heavy atom. The molecule has 0 bridgehead atoms. The normalized spacial score (nSPS) is 16.0. The Morgan fingerprint density at radius 1 is 1.73 bits per heavy atom. The van der Waals surface area contributed by atoms with Gasteiger partial charge in [0.1, 0.15) is 6.54 Å². The molecule has 1 aliphatic rings. The third kappa shape index (κ3) is 1.89. The number of hydrogen-bond acceptors (Lipinski definition) is 3. The molecule has 0 fully saturated rings. The van der Waals surface area contributed by atoms with Gasteiger partial charge in [-0.2, -0.15) is 0 Å². The number of rotatable bonds is 1. The van der Waals surface area contributed by atoms with Gasteiger partial charge in [-0.1, -0.05) is 0 Å². The van der Waals surface area contributed by atoms with E-state index in [2.05, 4.69) is 10.3 Å². The van der Waals surface area contributed by atoms with Crippen molar-refractivity contribution in [2.45, 2.75) is 0 Å². The molecule has 5 heteroatoms. The van der Waals surface area contributed by atoms with Gasteiger partial charge in [0, 0.05) is 6.21 Å². The molecule has 0 unspecified atom stereocenters. The van der Waals surface area contributed by atoms with Crippen LogP contribution < -0.4 is 11.1 Å². The van der Waals surface area contributed by atoms with E-state index in [0.29, 0.717) is 0 Å². The molecule has 3 N–H and O–H groups in total. The first-order valence-electron chi connectivity index (χ1n) is 3.00. The summed E-state index contributed by atoms with van der Waals surface area (Å²) in [5.41, 5.74) is 5.00. The smallest absolute Gasteiger partial charge is 0.316 e. The summed E-state index contributed by atoms with van der Waals surface area (Å²) >= 11 is 0. The van der Waals surface area contributed by atoms with Crippen molar-refractivity contribution in [3.63, 3.8) is 0 Å². The first-order chi connectivity index (χ1) is 5.20. The summed E-state index contributed by atoms with van der Waals surface area (Å²) in [7, 11) is 0. The van der Waals surface area contributed by atoms with Crippen LogP contribution in [-0.2, 0) is 4.79 Å². The standard InChI is InChI=1S/C6H7N3O2/c7-6(11)9-4-1-2-8-3-5(4)10/h1-2H,3H2,(H3,7,9,11). The fraction of sp³-hybridized carbons (Fsp3) is 0.167. The molecule has 0 spiro atoms. The number of carbonyl (C=O) groups is 2. The Hall–Kier alpha value is -1.65. The number of nitrogens with zero attached hydrogens (tertiary/aromatic N) is 1. The fourth-order valence-electron chi connectivity index (χ4n) is 0.685. The van der Waals surface area contributed by atoms with Gasteiger partial charge in [-0.3, -0.25) is 9.79 Å². The summed E-state index contributed by atoms with van der Waals surface area (Å²) in [6.45, 7) is 0.0755. The average molecular weight is 153 g/mol. The number of ketones is 1. The number of nitrogens with one attached hydrogen (secondary N) is 1.